The first kappa shape index (κ1) is 15.2. The normalized spacial score (nSPS) is 12.1. The summed E-state index contributed by atoms with van der Waals surface area (Å²) in [6.07, 6.45) is 2.67. The van der Waals surface area contributed by atoms with Crippen molar-refractivity contribution in [1.82, 2.24) is 15.2 Å². The Kier molecular flexibility index (Phi) is 5.05. The van der Waals surface area contributed by atoms with Gasteiger partial charge in [0.15, 0.2) is 5.82 Å². The zero-order valence-electron chi connectivity index (χ0n) is 12.4. The van der Waals surface area contributed by atoms with Crippen LogP contribution in [0.25, 0.3) is 11.4 Å². The topological polar surface area (TPSA) is 96.7 Å². The molecule has 6 nitrogen and oxygen atoms in total. The molecule has 0 unspecified atom stereocenters. The largest absolute Gasteiger partial charge is 0.325 e. The fourth-order valence-corrected chi connectivity index (χ4v) is 2.00. The highest BCUT2D eigenvalue weighted by Crippen LogP contribution is 2.19. The van der Waals surface area contributed by atoms with Crippen molar-refractivity contribution in [3.8, 4) is 11.4 Å². The van der Waals surface area contributed by atoms with Crippen LogP contribution in [0.1, 0.15) is 32.0 Å². The molecule has 2 rings (SSSR count). The van der Waals surface area contributed by atoms with Crippen LogP contribution in [0.2, 0.25) is 0 Å². The van der Waals surface area contributed by atoms with E-state index in [0.717, 1.165) is 24.2 Å². The lowest BCUT2D eigenvalue weighted by Gasteiger charge is -2.12. The van der Waals surface area contributed by atoms with E-state index in [-0.39, 0.29) is 5.91 Å². The Hall–Kier alpha value is -2.21. The van der Waals surface area contributed by atoms with Crippen molar-refractivity contribution in [1.29, 1.82) is 0 Å². The Morgan fingerprint density at radius 1 is 1.48 bits per heavy atom. The highest BCUT2D eigenvalue weighted by Gasteiger charge is 2.13. The predicted molar refractivity (Wildman–Crippen MR) is 82.7 cm³/mol. The number of nitrogens with one attached hydrogen (secondary N) is 2. The molecule has 0 spiro atoms. The number of hydrogen-bond donors (Lipinski definition) is 3. The molecule has 1 atom stereocenters. The summed E-state index contributed by atoms with van der Waals surface area (Å²) in [5, 5.41) is 9.75. The van der Waals surface area contributed by atoms with Crippen LogP contribution < -0.4 is 11.1 Å². The number of carbonyl (C=O) groups is 1. The highest BCUT2D eigenvalue weighted by atomic mass is 16.2. The summed E-state index contributed by atoms with van der Waals surface area (Å²) >= 11 is 0. The van der Waals surface area contributed by atoms with Crippen molar-refractivity contribution in [3.05, 3.63) is 30.1 Å². The van der Waals surface area contributed by atoms with Gasteiger partial charge in [-0.25, -0.2) is 4.98 Å². The second kappa shape index (κ2) is 6.99. The molecular formula is C15H21N5O. The summed E-state index contributed by atoms with van der Waals surface area (Å²) < 4.78 is 0. The van der Waals surface area contributed by atoms with Crippen molar-refractivity contribution >= 4 is 11.6 Å². The van der Waals surface area contributed by atoms with Crippen LogP contribution in [-0.4, -0.2) is 27.1 Å². The van der Waals surface area contributed by atoms with Gasteiger partial charge in [0.05, 0.1) is 6.04 Å². The van der Waals surface area contributed by atoms with Crippen molar-refractivity contribution in [2.75, 3.05) is 5.32 Å². The van der Waals surface area contributed by atoms with Crippen molar-refractivity contribution < 1.29 is 4.79 Å². The number of amides is 1. The lowest BCUT2D eigenvalue weighted by atomic mass is 10.1. The first-order valence-corrected chi connectivity index (χ1v) is 7.16. The number of nitrogens with zero attached hydrogens (tertiary/aromatic N) is 2. The summed E-state index contributed by atoms with van der Waals surface area (Å²) in [6, 6.07) is 6.95. The van der Waals surface area contributed by atoms with Gasteiger partial charge in [-0.3, -0.25) is 9.89 Å². The van der Waals surface area contributed by atoms with E-state index in [0.29, 0.717) is 17.9 Å². The Balaban J connectivity index is 2.06. The first-order valence-electron chi connectivity index (χ1n) is 7.16. The molecule has 0 fully saturated rings. The van der Waals surface area contributed by atoms with E-state index in [9.17, 15) is 4.79 Å². The minimum atomic E-state index is -0.473. The molecule has 1 amide bonds. The molecule has 112 valence electrons. The van der Waals surface area contributed by atoms with E-state index in [1.807, 2.05) is 31.2 Å². The number of aromatic nitrogens is 3. The molecule has 21 heavy (non-hydrogen) atoms. The minimum Gasteiger partial charge on any atom is -0.325 e. The van der Waals surface area contributed by atoms with E-state index < -0.39 is 6.04 Å². The lowest BCUT2D eigenvalue weighted by molar-refractivity contribution is -0.117. The third-order valence-corrected chi connectivity index (χ3v) is 3.19. The summed E-state index contributed by atoms with van der Waals surface area (Å²) in [4.78, 5) is 16.3. The van der Waals surface area contributed by atoms with Crippen LogP contribution >= 0.6 is 0 Å². The lowest BCUT2D eigenvalue weighted by Crippen LogP contribution is -2.35. The van der Waals surface area contributed by atoms with Crippen molar-refractivity contribution in [2.24, 2.45) is 5.73 Å². The van der Waals surface area contributed by atoms with Gasteiger partial charge in [-0.15, -0.1) is 0 Å². The third kappa shape index (κ3) is 4.13. The van der Waals surface area contributed by atoms with Gasteiger partial charge >= 0.3 is 0 Å². The van der Waals surface area contributed by atoms with E-state index in [4.69, 9.17) is 5.73 Å². The van der Waals surface area contributed by atoms with Gasteiger partial charge in [0.1, 0.15) is 5.82 Å². The van der Waals surface area contributed by atoms with Gasteiger partial charge < -0.3 is 11.1 Å². The van der Waals surface area contributed by atoms with Crippen LogP contribution in [0.3, 0.4) is 0 Å². The van der Waals surface area contributed by atoms with E-state index in [1.165, 1.54) is 0 Å². The van der Waals surface area contributed by atoms with E-state index in [2.05, 4.69) is 27.4 Å². The van der Waals surface area contributed by atoms with E-state index in [1.54, 1.807) is 0 Å². The van der Waals surface area contributed by atoms with Crippen molar-refractivity contribution in [2.45, 2.75) is 39.2 Å². The van der Waals surface area contributed by atoms with Crippen LogP contribution in [0.4, 0.5) is 5.69 Å². The number of anilines is 1. The molecule has 1 aromatic heterocycles. The molecule has 0 bridgehead atoms. The average Bonchev–Trinajstić information content (AvgIpc) is 2.91. The molecule has 1 aromatic carbocycles. The monoisotopic (exact) mass is 287 g/mol. The number of hydrogen-bond acceptors (Lipinski definition) is 4. The molecule has 0 saturated heterocycles. The standard InChI is InChI=1S/C15H21N5O/c1-3-4-8-13(16)15(21)18-12-7-5-6-11(9-12)14-17-10(2)19-20-14/h5-7,9,13H,3-4,8,16H2,1-2H3,(H,18,21)(H,17,19,20)/t13-/m0/s1. The minimum absolute atomic E-state index is 0.160. The number of carbonyl (C=O) groups excluding carboxylic acids is 1. The Bertz CT molecular complexity index is 608. The van der Waals surface area contributed by atoms with Crippen LogP contribution in [-0.2, 0) is 4.79 Å². The molecule has 0 saturated carbocycles. The van der Waals surface area contributed by atoms with Crippen molar-refractivity contribution in [3.63, 3.8) is 0 Å². The molecule has 0 aliphatic rings. The number of aryl methyl sites for hydroxylation is 1. The highest BCUT2D eigenvalue weighted by molar-refractivity contribution is 5.95. The zero-order chi connectivity index (χ0) is 15.2. The van der Waals surface area contributed by atoms with Gasteiger partial charge in [-0.05, 0) is 25.5 Å². The molecular weight excluding hydrogens is 266 g/mol. The first-order chi connectivity index (χ1) is 10.1. The SMILES string of the molecule is CCCC[C@H](N)C(=O)Nc1cccc(-c2n[nH]c(C)n2)c1. The smallest absolute Gasteiger partial charge is 0.241 e. The number of H-pyrrole nitrogens is 1. The fraction of sp³-hybridized carbons (Fsp3) is 0.400. The molecule has 1 heterocycles. The molecule has 6 heteroatoms. The maximum atomic E-state index is 12.0. The summed E-state index contributed by atoms with van der Waals surface area (Å²) in [5.74, 6) is 1.20. The number of benzene rings is 1. The molecule has 0 aliphatic carbocycles. The number of aromatic amines is 1. The summed E-state index contributed by atoms with van der Waals surface area (Å²) in [7, 11) is 0. The molecule has 0 radical (unpaired) electrons. The maximum absolute atomic E-state index is 12.0. The fourth-order valence-electron chi connectivity index (χ4n) is 2.00. The number of rotatable bonds is 6. The molecule has 4 N–H and O–H groups in total. The van der Waals surface area contributed by atoms with E-state index >= 15 is 0 Å². The Morgan fingerprint density at radius 2 is 2.29 bits per heavy atom. The predicted octanol–water partition coefficient (Wildman–Crippen LogP) is 2.24. The third-order valence-electron chi connectivity index (χ3n) is 3.19. The van der Waals surface area contributed by atoms with Crippen LogP contribution in [0.15, 0.2) is 24.3 Å². The van der Waals surface area contributed by atoms with Gasteiger partial charge in [0, 0.05) is 11.3 Å². The number of unbranched alkanes of at least 4 members (excludes halogenated alkanes) is 1. The zero-order valence-corrected chi connectivity index (χ0v) is 12.4. The average molecular weight is 287 g/mol. The van der Waals surface area contributed by atoms with Crippen LogP contribution in [0, 0.1) is 6.92 Å². The van der Waals surface area contributed by atoms with Gasteiger partial charge in [-0.1, -0.05) is 31.9 Å². The Labute approximate surface area is 124 Å². The van der Waals surface area contributed by atoms with Gasteiger partial charge in [0.2, 0.25) is 5.91 Å². The second-order valence-electron chi connectivity index (χ2n) is 5.06. The Morgan fingerprint density at radius 3 is 2.95 bits per heavy atom. The van der Waals surface area contributed by atoms with Gasteiger partial charge in [0.25, 0.3) is 0 Å². The van der Waals surface area contributed by atoms with Gasteiger partial charge in [-0.2, -0.15) is 5.10 Å². The maximum Gasteiger partial charge on any atom is 0.241 e. The summed E-state index contributed by atoms with van der Waals surface area (Å²) in [5.41, 5.74) is 7.41. The second-order valence-corrected chi connectivity index (χ2v) is 5.06. The number of nitrogens with two attached hydrogens (primary N) is 1. The summed E-state index contributed by atoms with van der Waals surface area (Å²) in [6.45, 7) is 3.92. The van der Waals surface area contributed by atoms with Crippen LogP contribution in [0.5, 0.6) is 0 Å². The quantitative estimate of drug-likeness (QED) is 0.759. The molecule has 2 aromatic rings. The molecule has 0 aliphatic heterocycles.